The maximum Gasteiger partial charge on any atom is 0.280 e. The van der Waals surface area contributed by atoms with Crippen LogP contribution in [0.3, 0.4) is 0 Å². The summed E-state index contributed by atoms with van der Waals surface area (Å²) in [5, 5.41) is 3.97. The normalized spacial score (nSPS) is 12.0. The molecule has 1 unspecified atom stereocenters. The quantitative estimate of drug-likeness (QED) is 0.578. The van der Waals surface area contributed by atoms with Gasteiger partial charge in [0.2, 0.25) is 0 Å². The van der Waals surface area contributed by atoms with Gasteiger partial charge in [-0.3, -0.25) is 4.79 Å². The maximum atomic E-state index is 12.0. The zero-order valence-corrected chi connectivity index (χ0v) is 15.1. The average Bonchev–Trinajstić information content (AvgIpc) is 2.58. The number of nitrogens with zero attached hydrogens (tertiary/aromatic N) is 1. The fourth-order valence-electron chi connectivity index (χ4n) is 1.90. The Kier molecular flexibility index (Phi) is 6.81. The Bertz CT molecular complexity index is 702. The van der Waals surface area contributed by atoms with Crippen molar-refractivity contribution in [2.75, 3.05) is 6.61 Å². The van der Waals surface area contributed by atoms with Gasteiger partial charge in [-0.1, -0.05) is 28.1 Å². The third-order valence-electron chi connectivity index (χ3n) is 3.09. The van der Waals surface area contributed by atoms with E-state index in [9.17, 15) is 4.79 Å². The number of halogens is 1. The molecule has 0 aliphatic heterocycles. The minimum absolute atomic E-state index is 0.331. The van der Waals surface area contributed by atoms with Gasteiger partial charge in [0.15, 0.2) is 6.10 Å². The number of benzene rings is 2. The van der Waals surface area contributed by atoms with Crippen molar-refractivity contribution in [3.63, 3.8) is 0 Å². The molecule has 24 heavy (non-hydrogen) atoms. The van der Waals surface area contributed by atoms with Crippen LogP contribution >= 0.6 is 15.9 Å². The van der Waals surface area contributed by atoms with E-state index in [1.165, 1.54) is 0 Å². The van der Waals surface area contributed by atoms with Crippen molar-refractivity contribution in [3.05, 3.63) is 58.6 Å². The second-order valence-corrected chi connectivity index (χ2v) is 5.83. The zero-order chi connectivity index (χ0) is 17.4. The minimum atomic E-state index is -0.662. The average molecular weight is 391 g/mol. The molecule has 1 N–H and O–H groups in total. The van der Waals surface area contributed by atoms with Crippen LogP contribution in [0.1, 0.15) is 19.4 Å². The molecule has 0 saturated heterocycles. The van der Waals surface area contributed by atoms with E-state index in [1.54, 1.807) is 25.3 Å². The van der Waals surface area contributed by atoms with Gasteiger partial charge in [0.25, 0.3) is 5.91 Å². The highest BCUT2D eigenvalue weighted by Gasteiger charge is 2.13. The summed E-state index contributed by atoms with van der Waals surface area (Å²) in [6, 6.07) is 14.8. The van der Waals surface area contributed by atoms with Crippen LogP contribution in [0.5, 0.6) is 11.5 Å². The van der Waals surface area contributed by atoms with Crippen LogP contribution in [0.4, 0.5) is 0 Å². The first-order valence-corrected chi connectivity index (χ1v) is 8.36. The summed E-state index contributed by atoms with van der Waals surface area (Å²) in [5.74, 6) is 1.01. The summed E-state index contributed by atoms with van der Waals surface area (Å²) in [5.41, 5.74) is 3.27. The summed E-state index contributed by atoms with van der Waals surface area (Å²) < 4.78 is 12.0. The Labute approximate surface area is 149 Å². The van der Waals surface area contributed by atoms with Crippen LogP contribution in [0.2, 0.25) is 0 Å². The molecule has 2 rings (SSSR count). The van der Waals surface area contributed by atoms with Gasteiger partial charge in [0.05, 0.1) is 12.8 Å². The first kappa shape index (κ1) is 18.0. The van der Waals surface area contributed by atoms with Crippen molar-refractivity contribution in [1.29, 1.82) is 0 Å². The third-order valence-corrected chi connectivity index (χ3v) is 3.62. The lowest BCUT2D eigenvalue weighted by Crippen LogP contribution is -2.33. The Hall–Kier alpha value is -2.34. The van der Waals surface area contributed by atoms with Gasteiger partial charge in [-0.25, -0.2) is 5.43 Å². The van der Waals surface area contributed by atoms with Crippen LogP contribution < -0.4 is 14.9 Å². The van der Waals surface area contributed by atoms with Gasteiger partial charge in [-0.15, -0.1) is 0 Å². The summed E-state index contributed by atoms with van der Waals surface area (Å²) in [6.45, 7) is 4.15. The lowest BCUT2D eigenvalue weighted by molar-refractivity contribution is -0.127. The predicted octanol–water partition coefficient (Wildman–Crippen LogP) is 3.77. The molecular formula is C18H19BrN2O3. The molecule has 0 fully saturated rings. The maximum absolute atomic E-state index is 12.0. The minimum Gasteiger partial charge on any atom is -0.493 e. The molecule has 0 aliphatic rings. The summed E-state index contributed by atoms with van der Waals surface area (Å²) in [7, 11) is 0. The molecule has 5 nitrogen and oxygen atoms in total. The SMILES string of the molecule is CCOc1ccccc1/C=N/NC(=O)C(C)Oc1ccc(Br)cc1. The van der Waals surface area contributed by atoms with Gasteiger partial charge in [-0.05, 0) is 50.2 Å². The van der Waals surface area contributed by atoms with E-state index < -0.39 is 6.10 Å². The predicted molar refractivity (Wildman–Crippen MR) is 97.6 cm³/mol. The highest BCUT2D eigenvalue weighted by atomic mass is 79.9. The number of carbonyl (C=O) groups excluding carboxylic acids is 1. The number of carbonyl (C=O) groups is 1. The Morgan fingerprint density at radius 1 is 1.25 bits per heavy atom. The Balaban J connectivity index is 1.91. The molecule has 0 heterocycles. The molecular weight excluding hydrogens is 372 g/mol. The van der Waals surface area contributed by atoms with Crippen LogP contribution in [0.25, 0.3) is 0 Å². The van der Waals surface area contributed by atoms with Crippen molar-refractivity contribution in [3.8, 4) is 11.5 Å². The van der Waals surface area contributed by atoms with Crippen LogP contribution in [-0.2, 0) is 4.79 Å². The molecule has 1 amide bonds. The van der Waals surface area contributed by atoms with Crippen LogP contribution in [0.15, 0.2) is 58.1 Å². The molecule has 6 heteroatoms. The molecule has 0 saturated carbocycles. The number of hydrogen-bond donors (Lipinski definition) is 1. The first-order chi connectivity index (χ1) is 11.6. The lowest BCUT2D eigenvalue weighted by Gasteiger charge is -2.13. The highest BCUT2D eigenvalue weighted by Crippen LogP contribution is 2.17. The molecule has 0 bridgehead atoms. The van der Waals surface area contributed by atoms with Gasteiger partial charge in [0.1, 0.15) is 11.5 Å². The van der Waals surface area contributed by atoms with Crippen molar-refractivity contribution in [2.24, 2.45) is 5.10 Å². The van der Waals surface area contributed by atoms with Crippen molar-refractivity contribution in [1.82, 2.24) is 5.43 Å². The number of ether oxygens (including phenoxy) is 2. The van der Waals surface area contributed by atoms with E-state index in [1.807, 2.05) is 43.3 Å². The standard InChI is InChI=1S/C18H19BrN2O3/c1-3-23-17-7-5-4-6-14(17)12-20-21-18(22)13(2)24-16-10-8-15(19)9-11-16/h4-13H,3H2,1-2H3,(H,21,22)/b20-12+. The molecule has 0 aliphatic carbocycles. The summed E-state index contributed by atoms with van der Waals surface area (Å²) >= 11 is 3.35. The van der Waals surface area contributed by atoms with E-state index in [-0.39, 0.29) is 5.91 Å². The van der Waals surface area contributed by atoms with Crippen molar-refractivity contribution < 1.29 is 14.3 Å². The van der Waals surface area contributed by atoms with Crippen molar-refractivity contribution in [2.45, 2.75) is 20.0 Å². The van der Waals surface area contributed by atoms with E-state index in [2.05, 4.69) is 26.5 Å². The number of nitrogens with one attached hydrogen (secondary N) is 1. The number of para-hydroxylation sites is 1. The monoisotopic (exact) mass is 390 g/mol. The van der Waals surface area contributed by atoms with E-state index in [0.29, 0.717) is 12.4 Å². The fourth-order valence-corrected chi connectivity index (χ4v) is 2.17. The largest absolute Gasteiger partial charge is 0.493 e. The van der Waals surface area contributed by atoms with Gasteiger partial charge in [0, 0.05) is 10.0 Å². The van der Waals surface area contributed by atoms with Crippen molar-refractivity contribution >= 4 is 28.1 Å². The molecule has 1 atom stereocenters. The second-order valence-electron chi connectivity index (χ2n) is 4.92. The number of hydrazone groups is 1. The zero-order valence-electron chi connectivity index (χ0n) is 13.5. The molecule has 0 aromatic heterocycles. The van der Waals surface area contributed by atoms with Crippen LogP contribution in [-0.4, -0.2) is 24.8 Å². The summed E-state index contributed by atoms with van der Waals surface area (Å²) in [4.78, 5) is 12.0. The lowest BCUT2D eigenvalue weighted by atomic mass is 10.2. The van der Waals surface area contributed by atoms with Gasteiger partial charge < -0.3 is 9.47 Å². The number of amides is 1. The Morgan fingerprint density at radius 2 is 1.96 bits per heavy atom. The number of hydrogen-bond acceptors (Lipinski definition) is 4. The van der Waals surface area contributed by atoms with Crippen LogP contribution in [0, 0.1) is 0 Å². The summed E-state index contributed by atoms with van der Waals surface area (Å²) in [6.07, 6.45) is 0.889. The smallest absolute Gasteiger partial charge is 0.280 e. The third kappa shape index (κ3) is 5.38. The highest BCUT2D eigenvalue weighted by molar-refractivity contribution is 9.10. The number of rotatable bonds is 7. The second kappa shape index (κ2) is 9.08. The van der Waals surface area contributed by atoms with E-state index >= 15 is 0 Å². The van der Waals surface area contributed by atoms with E-state index in [4.69, 9.17) is 9.47 Å². The molecule has 0 spiro atoms. The molecule has 0 radical (unpaired) electrons. The topological polar surface area (TPSA) is 59.9 Å². The molecule has 126 valence electrons. The molecule has 2 aromatic carbocycles. The molecule has 2 aromatic rings. The Morgan fingerprint density at radius 3 is 2.67 bits per heavy atom. The van der Waals surface area contributed by atoms with Gasteiger partial charge >= 0.3 is 0 Å². The fraction of sp³-hybridized carbons (Fsp3) is 0.222. The van der Waals surface area contributed by atoms with E-state index in [0.717, 1.165) is 15.8 Å². The first-order valence-electron chi connectivity index (χ1n) is 7.57. The van der Waals surface area contributed by atoms with Gasteiger partial charge in [-0.2, -0.15) is 5.10 Å².